The molecule has 1 aromatic heterocycles. The Balaban J connectivity index is 1.73. The van der Waals surface area contributed by atoms with Crippen molar-refractivity contribution in [3.8, 4) is 0 Å². The van der Waals surface area contributed by atoms with Crippen molar-refractivity contribution in [3.05, 3.63) is 11.8 Å². The summed E-state index contributed by atoms with van der Waals surface area (Å²) in [5, 5.41) is 5.98. The smallest absolute Gasteiger partial charge is 0.376 e. The predicted molar refractivity (Wildman–Crippen MR) is 80.4 cm³/mol. The first kappa shape index (κ1) is 16.3. The Morgan fingerprint density at radius 1 is 1.13 bits per heavy atom. The Morgan fingerprint density at radius 3 is 2.57 bits per heavy atom. The first-order valence-electron chi connectivity index (χ1n) is 8.09. The van der Waals surface area contributed by atoms with Gasteiger partial charge in [-0.3, -0.25) is 0 Å². The van der Waals surface area contributed by atoms with Gasteiger partial charge in [0.25, 0.3) is 0 Å². The molecular weight excluding hydrogens is 309 g/mol. The molecule has 1 saturated heterocycles. The summed E-state index contributed by atoms with van der Waals surface area (Å²) >= 11 is 0. The summed E-state index contributed by atoms with van der Waals surface area (Å²) in [4.78, 5) is 7.81. The Morgan fingerprint density at radius 2 is 1.91 bits per heavy atom. The lowest BCUT2D eigenvalue weighted by Crippen LogP contribution is -2.22. The minimum Gasteiger partial charge on any atom is -0.376 e. The van der Waals surface area contributed by atoms with Gasteiger partial charge in [-0.1, -0.05) is 12.8 Å². The Hall–Kier alpha value is -1.57. The predicted octanol–water partition coefficient (Wildman–Crippen LogP) is 3.44. The monoisotopic (exact) mass is 330 g/mol. The van der Waals surface area contributed by atoms with E-state index in [1.807, 2.05) is 0 Å². The van der Waals surface area contributed by atoms with E-state index in [1.165, 1.54) is 0 Å². The number of rotatable bonds is 5. The Bertz CT molecular complexity index is 526. The molecule has 3 rings (SSSR count). The molecule has 23 heavy (non-hydrogen) atoms. The molecule has 0 bridgehead atoms. The normalized spacial score (nSPS) is 22.5. The van der Waals surface area contributed by atoms with Gasteiger partial charge in [0, 0.05) is 25.3 Å². The lowest BCUT2D eigenvalue weighted by Gasteiger charge is -2.16. The molecular formula is C15H21F3N4O. The van der Waals surface area contributed by atoms with Crippen molar-refractivity contribution < 1.29 is 17.9 Å². The fourth-order valence-electron chi connectivity index (χ4n) is 3.02. The first-order chi connectivity index (χ1) is 11.0. The number of nitrogens with zero attached hydrogens (tertiary/aromatic N) is 2. The number of alkyl halides is 3. The van der Waals surface area contributed by atoms with Crippen molar-refractivity contribution in [2.24, 2.45) is 0 Å². The van der Waals surface area contributed by atoms with E-state index in [2.05, 4.69) is 20.6 Å². The van der Waals surface area contributed by atoms with Gasteiger partial charge in [-0.2, -0.15) is 18.2 Å². The van der Waals surface area contributed by atoms with E-state index in [0.717, 1.165) is 44.6 Å². The second kappa shape index (κ2) is 6.90. The molecule has 128 valence electrons. The largest absolute Gasteiger partial charge is 0.433 e. The molecule has 0 aromatic carbocycles. The van der Waals surface area contributed by atoms with E-state index in [0.29, 0.717) is 13.2 Å². The van der Waals surface area contributed by atoms with Crippen molar-refractivity contribution in [2.75, 3.05) is 23.8 Å². The topological polar surface area (TPSA) is 59.1 Å². The molecule has 8 heteroatoms. The van der Waals surface area contributed by atoms with Crippen molar-refractivity contribution >= 4 is 11.8 Å². The molecule has 2 aliphatic rings. The number of halogens is 3. The third-order valence-corrected chi connectivity index (χ3v) is 4.24. The highest BCUT2D eigenvalue weighted by molar-refractivity contribution is 5.43. The summed E-state index contributed by atoms with van der Waals surface area (Å²) in [7, 11) is 0. The highest BCUT2D eigenvalue weighted by atomic mass is 19.4. The van der Waals surface area contributed by atoms with Gasteiger partial charge in [0.1, 0.15) is 5.82 Å². The molecule has 5 nitrogen and oxygen atoms in total. The standard InChI is InChI=1S/C15H21F3N4O/c16-15(17,18)12-8-13(19-9-11-6-3-7-23-11)22-14(21-12)20-10-4-1-2-5-10/h8,10-11H,1-7,9H2,(H2,19,20,21,22)/t11-/m0/s1. The first-order valence-corrected chi connectivity index (χ1v) is 8.09. The summed E-state index contributed by atoms with van der Waals surface area (Å²) in [6.07, 6.45) is 1.49. The van der Waals surface area contributed by atoms with Gasteiger partial charge in [-0.15, -0.1) is 0 Å². The second-order valence-corrected chi connectivity index (χ2v) is 6.10. The van der Waals surface area contributed by atoms with Crippen LogP contribution in [0, 0.1) is 0 Å². The van der Waals surface area contributed by atoms with Crippen LogP contribution in [-0.2, 0) is 10.9 Å². The number of anilines is 2. The fourth-order valence-corrected chi connectivity index (χ4v) is 3.02. The van der Waals surface area contributed by atoms with Gasteiger partial charge in [-0.25, -0.2) is 4.98 Å². The maximum Gasteiger partial charge on any atom is 0.433 e. The third kappa shape index (κ3) is 4.46. The van der Waals surface area contributed by atoms with Crippen molar-refractivity contribution in [1.29, 1.82) is 0 Å². The maximum atomic E-state index is 13.0. The van der Waals surface area contributed by atoms with Crippen LogP contribution in [0.25, 0.3) is 0 Å². The third-order valence-electron chi connectivity index (χ3n) is 4.24. The van der Waals surface area contributed by atoms with E-state index in [1.54, 1.807) is 0 Å². The van der Waals surface area contributed by atoms with E-state index >= 15 is 0 Å². The quantitative estimate of drug-likeness (QED) is 0.866. The van der Waals surface area contributed by atoms with Gasteiger partial charge < -0.3 is 15.4 Å². The minimum absolute atomic E-state index is 0.0329. The van der Waals surface area contributed by atoms with Crippen molar-refractivity contribution in [3.63, 3.8) is 0 Å². The summed E-state index contributed by atoms with van der Waals surface area (Å²) in [5.74, 6) is 0.227. The molecule has 0 radical (unpaired) electrons. The van der Waals surface area contributed by atoms with E-state index < -0.39 is 11.9 Å². The average molecular weight is 330 g/mol. The van der Waals surface area contributed by atoms with Gasteiger partial charge >= 0.3 is 6.18 Å². The summed E-state index contributed by atoms with van der Waals surface area (Å²) in [6, 6.07) is 1.11. The summed E-state index contributed by atoms with van der Waals surface area (Å²) in [5.41, 5.74) is -0.928. The van der Waals surface area contributed by atoms with Crippen LogP contribution < -0.4 is 10.6 Å². The number of nitrogens with one attached hydrogen (secondary N) is 2. The highest BCUT2D eigenvalue weighted by Crippen LogP contribution is 2.30. The molecule has 1 aliphatic heterocycles. The molecule has 2 heterocycles. The van der Waals surface area contributed by atoms with Crippen LogP contribution >= 0.6 is 0 Å². The summed E-state index contributed by atoms with van der Waals surface area (Å²) < 4.78 is 44.6. The van der Waals surface area contributed by atoms with Crippen LogP contribution in [0.1, 0.15) is 44.2 Å². The zero-order chi connectivity index (χ0) is 16.3. The Labute approximate surface area is 133 Å². The van der Waals surface area contributed by atoms with E-state index in [4.69, 9.17) is 4.74 Å². The maximum absolute atomic E-state index is 13.0. The van der Waals surface area contributed by atoms with E-state index in [-0.39, 0.29) is 23.9 Å². The zero-order valence-corrected chi connectivity index (χ0v) is 12.8. The van der Waals surface area contributed by atoms with Crippen LogP contribution in [0.15, 0.2) is 6.07 Å². The van der Waals surface area contributed by atoms with Crippen LogP contribution in [-0.4, -0.2) is 35.3 Å². The highest BCUT2D eigenvalue weighted by Gasteiger charge is 2.34. The van der Waals surface area contributed by atoms with Crippen molar-refractivity contribution in [2.45, 2.75) is 56.8 Å². The van der Waals surface area contributed by atoms with Gasteiger partial charge in [0.15, 0.2) is 5.69 Å². The van der Waals surface area contributed by atoms with Gasteiger partial charge in [0.2, 0.25) is 5.95 Å². The van der Waals surface area contributed by atoms with Crippen LogP contribution in [0.4, 0.5) is 24.9 Å². The van der Waals surface area contributed by atoms with E-state index in [9.17, 15) is 13.2 Å². The number of ether oxygens (including phenoxy) is 1. The number of aromatic nitrogens is 2. The molecule has 2 N–H and O–H groups in total. The van der Waals surface area contributed by atoms with Crippen LogP contribution in [0.3, 0.4) is 0 Å². The fraction of sp³-hybridized carbons (Fsp3) is 0.733. The molecule has 0 unspecified atom stereocenters. The molecule has 2 fully saturated rings. The average Bonchev–Trinajstić information content (AvgIpc) is 3.17. The lowest BCUT2D eigenvalue weighted by molar-refractivity contribution is -0.141. The molecule has 0 amide bonds. The van der Waals surface area contributed by atoms with Gasteiger partial charge in [-0.05, 0) is 25.7 Å². The summed E-state index contributed by atoms with van der Waals surface area (Å²) in [6.45, 7) is 1.16. The van der Waals surface area contributed by atoms with Gasteiger partial charge in [0.05, 0.1) is 6.10 Å². The van der Waals surface area contributed by atoms with Crippen LogP contribution in [0.5, 0.6) is 0 Å². The number of hydrogen-bond donors (Lipinski definition) is 2. The minimum atomic E-state index is -4.49. The SMILES string of the molecule is FC(F)(F)c1cc(NC[C@@H]2CCCO2)nc(NC2CCCC2)n1. The zero-order valence-electron chi connectivity index (χ0n) is 12.8. The molecule has 1 aliphatic carbocycles. The molecule has 1 atom stereocenters. The molecule has 1 aromatic rings. The van der Waals surface area contributed by atoms with Crippen LogP contribution in [0.2, 0.25) is 0 Å². The number of hydrogen-bond acceptors (Lipinski definition) is 5. The lowest BCUT2D eigenvalue weighted by atomic mass is 10.2. The Kier molecular flexibility index (Phi) is 4.89. The second-order valence-electron chi connectivity index (χ2n) is 6.10. The van der Waals surface area contributed by atoms with Crippen molar-refractivity contribution in [1.82, 2.24) is 9.97 Å². The molecule has 0 spiro atoms. The molecule has 1 saturated carbocycles.